The van der Waals surface area contributed by atoms with E-state index in [4.69, 9.17) is 0 Å². The molecule has 1 aromatic rings. The number of hydrogen-bond donors (Lipinski definition) is 0. The SMILES string of the molecule is O=C1CCc2nc(C3CC3)ncc21. The van der Waals surface area contributed by atoms with Gasteiger partial charge in [0.15, 0.2) is 5.78 Å². The molecule has 0 N–H and O–H groups in total. The average molecular weight is 174 g/mol. The number of ketones is 1. The molecule has 0 unspecified atom stereocenters. The first-order valence-electron chi connectivity index (χ1n) is 4.73. The van der Waals surface area contributed by atoms with Gasteiger partial charge in [0, 0.05) is 18.5 Å². The molecule has 66 valence electrons. The summed E-state index contributed by atoms with van der Waals surface area (Å²) in [5.41, 5.74) is 1.73. The lowest BCUT2D eigenvalue weighted by molar-refractivity contribution is 0.0994. The van der Waals surface area contributed by atoms with Crippen molar-refractivity contribution in [2.45, 2.75) is 31.6 Å². The zero-order valence-electron chi connectivity index (χ0n) is 7.29. The Hall–Kier alpha value is -1.25. The largest absolute Gasteiger partial charge is 0.294 e. The van der Waals surface area contributed by atoms with Crippen LogP contribution in [0.25, 0.3) is 0 Å². The van der Waals surface area contributed by atoms with Crippen molar-refractivity contribution in [3.8, 4) is 0 Å². The van der Waals surface area contributed by atoms with Crippen LogP contribution < -0.4 is 0 Å². The number of fused-ring (bicyclic) bond motifs is 1. The molecular weight excluding hydrogens is 164 g/mol. The van der Waals surface area contributed by atoms with Crippen molar-refractivity contribution in [3.63, 3.8) is 0 Å². The van der Waals surface area contributed by atoms with Crippen molar-refractivity contribution in [2.24, 2.45) is 0 Å². The van der Waals surface area contributed by atoms with Crippen molar-refractivity contribution in [3.05, 3.63) is 23.3 Å². The first-order valence-corrected chi connectivity index (χ1v) is 4.73. The van der Waals surface area contributed by atoms with Crippen LogP contribution in [0, 0.1) is 0 Å². The highest BCUT2D eigenvalue weighted by Gasteiger charge is 2.29. The van der Waals surface area contributed by atoms with E-state index in [9.17, 15) is 4.79 Å². The summed E-state index contributed by atoms with van der Waals surface area (Å²) < 4.78 is 0. The Morgan fingerprint density at radius 3 is 2.92 bits per heavy atom. The van der Waals surface area contributed by atoms with Gasteiger partial charge in [0.2, 0.25) is 0 Å². The minimum absolute atomic E-state index is 0.206. The summed E-state index contributed by atoms with van der Waals surface area (Å²) in [4.78, 5) is 19.9. The first kappa shape index (κ1) is 7.18. The zero-order chi connectivity index (χ0) is 8.84. The quantitative estimate of drug-likeness (QED) is 0.647. The molecule has 2 aliphatic rings. The third-order valence-corrected chi connectivity index (χ3v) is 2.72. The molecule has 1 fully saturated rings. The molecule has 0 bridgehead atoms. The van der Waals surface area contributed by atoms with Crippen molar-refractivity contribution in [2.75, 3.05) is 0 Å². The van der Waals surface area contributed by atoms with Gasteiger partial charge in [-0.2, -0.15) is 0 Å². The monoisotopic (exact) mass is 174 g/mol. The van der Waals surface area contributed by atoms with Crippen LogP contribution in [0.1, 0.15) is 47.1 Å². The van der Waals surface area contributed by atoms with Gasteiger partial charge in [-0.05, 0) is 19.3 Å². The second-order valence-electron chi connectivity index (χ2n) is 3.79. The molecule has 0 saturated heterocycles. The third-order valence-electron chi connectivity index (χ3n) is 2.72. The molecule has 13 heavy (non-hydrogen) atoms. The fraction of sp³-hybridized carbons (Fsp3) is 0.500. The minimum atomic E-state index is 0.206. The van der Waals surface area contributed by atoms with Crippen molar-refractivity contribution in [1.29, 1.82) is 0 Å². The van der Waals surface area contributed by atoms with E-state index in [-0.39, 0.29) is 5.78 Å². The summed E-state index contributed by atoms with van der Waals surface area (Å²) in [6.45, 7) is 0. The van der Waals surface area contributed by atoms with Gasteiger partial charge in [-0.15, -0.1) is 0 Å². The molecule has 0 aromatic carbocycles. The molecule has 1 heterocycles. The number of aromatic nitrogens is 2. The lowest BCUT2D eigenvalue weighted by Gasteiger charge is -1.99. The van der Waals surface area contributed by atoms with E-state index in [1.54, 1.807) is 6.20 Å². The Morgan fingerprint density at radius 1 is 1.31 bits per heavy atom. The van der Waals surface area contributed by atoms with Gasteiger partial charge in [0.25, 0.3) is 0 Å². The summed E-state index contributed by atoms with van der Waals surface area (Å²) in [6, 6.07) is 0. The molecule has 1 saturated carbocycles. The Kier molecular flexibility index (Phi) is 1.31. The number of Topliss-reactive ketones (excluding diaryl/α,β-unsaturated/α-hetero) is 1. The minimum Gasteiger partial charge on any atom is -0.294 e. The van der Waals surface area contributed by atoms with Crippen LogP contribution in [0.2, 0.25) is 0 Å². The van der Waals surface area contributed by atoms with Crippen LogP contribution in [-0.2, 0) is 6.42 Å². The van der Waals surface area contributed by atoms with Crippen LogP contribution >= 0.6 is 0 Å². The maximum Gasteiger partial charge on any atom is 0.166 e. The predicted molar refractivity (Wildman–Crippen MR) is 46.7 cm³/mol. The molecule has 0 radical (unpaired) electrons. The van der Waals surface area contributed by atoms with Crippen LogP contribution in [0.5, 0.6) is 0 Å². The Morgan fingerprint density at radius 2 is 2.15 bits per heavy atom. The summed E-state index contributed by atoms with van der Waals surface area (Å²) in [5.74, 6) is 1.74. The number of hydrogen-bond acceptors (Lipinski definition) is 3. The van der Waals surface area contributed by atoms with Crippen LogP contribution in [0.15, 0.2) is 6.20 Å². The topological polar surface area (TPSA) is 42.9 Å². The lowest BCUT2D eigenvalue weighted by atomic mass is 10.2. The van der Waals surface area contributed by atoms with Crippen molar-refractivity contribution >= 4 is 5.78 Å². The van der Waals surface area contributed by atoms with Crippen molar-refractivity contribution in [1.82, 2.24) is 9.97 Å². The lowest BCUT2D eigenvalue weighted by Crippen LogP contribution is -1.99. The average Bonchev–Trinajstić information content (AvgIpc) is 2.93. The fourth-order valence-corrected chi connectivity index (χ4v) is 1.76. The molecule has 1 aromatic heterocycles. The highest BCUT2D eigenvalue weighted by atomic mass is 16.1. The Balaban J connectivity index is 2.07. The molecule has 3 rings (SSSR count). The summed E-state index contributed by atoms with van der Waals surface area (Å²) in [5, 5.41) is 0. The maximum absolute atomic E-state index is 11.3. The van der Waals surface area contributed by atoms with Gasteiger partial charge in [0.05, 0.1) is 11.3 Å². The molecular formula is C10H10N2O. The van der Waals surface area contributed by atoms with E-state index >= 15 is 0 Å². The van der Waals surface area contributed by atoms with Crippen LogP contribution in [0.4, 0.5) is 0 Å². The molecule has 0 atom stereocenters. The van der Waals surface area contributed by atoms with Gasteiger partial charge in [0.1, 0.15) is 5.82 Å². The standard InChI is InChI=1S/C10H10N2O/c13-9-4-3-8-7(9)5-11-10(12-8)6-1-2-6/h5-6H,1-4H2. The molecule has 3 nitrogen and oxygen atoms in total. The van der Waals surface area contributed by atoms with E-state index in [1.165, 1.54) is 12.8 Å². The van der Waals surface area contributed by atoms with E-state index in [2.05, 4.69) is 9.97 Å². The van der Waals surface area contributed by atoms with E-state index in [1.807, 2.05) is 0 Å². The highest BCUT2D eigenvalue weighted by molar-refractivity contribution is 5.99. The molecule has 0 aliphatic heterocycles. The normalized spacial score (nSPS) is 20.5. The Bertz CT molecular complexity index is 383. The van der Waals surface area contributed by atoms with Gasteiger partial charge >= 0.3 is 0 Å². The number of carbonyl (C=O) groups is 1. The van der Waals surface area contributed by atoms with Gasteiger partial charge < -0.3 is 0 Å². The van der Waals surface area contributed by atoms with Gasteiger partial charge in [-0.25, -0.2) is 9.97 Å². The summed E-state index contributed by atoms with van der Waals surface area (Å²) >= 11 is 0. The van der Waals surface area contributed by atoms with E-state index in [0.717, 1.165) is 23.5 Å². The number of nitrogens with zero attached hydrogens (tertiary/aromatic N) is 2. The van der Waals surface area contributed by atoms with E-state index < -0.39 is 0 Å². The van der Waals surface area contributed by atoms with Crippen LogP contribution in [-0.4, -0.2) is 15.8 Å². The number of carbonyl (C=O) groups excluding carboxylic acids is 1. The molecule has 2 aliphatic carbocycles. The number of aryl methyl sites for hydroxylation is 1. The van der Waals surface area contributed by atoms with E-state index in [0.29, 0.717) is 12.3 Å². The summed E-state index contributed by atoms with van der Waals surface area (Å²) in [6.07, 6.45) is 5.58. The third kappa shape index (κ3) is 1.07. The zero-order valence-corrected chi connectivity index (χ0v) is 7.29. The second-order valence-corrected chi connectivity index (χ2v) is 3.79. The highest BCUT2D eigenvalue weighted by Crippen LogP contribution is 2.38. The second kappa shape index (κ2) is 2.37. The van der Waals surface area contributed by atoms with Gasteiger partial charge in [-0.1, -0.05) is 0 Å². The van der Waals surface area contributed by atoms with Gasteiger partial charge in [-0.3, -0.25) is 4.79 Å². The van der Waals surface area contributed by atoms with Crippen LogP contribution in [0.3, 0.4) is 0 Å². The molecule has 3 heteroatoms. The Labute approximate surface area is 76.2 Å². The van der Waals surface area contributed by atoms with Crippen molar-refractivity contribution < 1.29 is 4.79 Å². The molecule has 0 amide bonds. The fourth-order valence-electron chi connectivity index (χ4n) is 1.76. The maximum atomic E-state index is 11.3. The predicted octanol–water partition coefficient (Wildman–Crippen LogP) is 1.48. The number of rotatable bonds is 1. The molecule has 0 spiro atoms. The smallest absolute Gasteiger partial charge is 0.166 e. The first-order chi connectivity index (χ1) is 6.34. The summed E-state index contributed by atoms with van der Waals surface area (Å²) in [7, 11) is 0.